The van der Waals surface area contributed by atoms with Crippen molar-refractivity contribution < 1.29 is 9.53 Å². The SMILES string of the molecule is CCC(C(=O)NCC(c1cccs1)N1CCOCC1)c1ccccc1. The number of hydrogen-bond donors (Lipinski definition) is 1. The third kappa shape index (κ3) is 4.69. The summed E-state index contributed by atoms with van der Waals surface area (Å²) in [6.07, 6.45) is 0.803. The summed E-state index contributed by atoms with van der Waals surface area (Å²) in [6, 6.07) is 14.5. The minimum Gasteiger partial charge on any atom is -0.379 e. The molecular weight excluding hydrogens is 332 g/mol. The number of morpholine rings is 1. The van der Waals surface area contributed by atoms with Crippen molar-refractivity contribution >= 4 is 17.2 Å². The van der Waals surface area contributed by atoms with E-state index in [1.165, 1.54) is 4.88 Å². The van der Waals surface area contributed by atoms with Gasteiger partial charge in [-0.25, -0.2) is 0 Å². The minimum atomic E-state index is -0.0881. The molecule has 2 atom stereocenters. The summed E-state index contributed by atoms with van der Waals surface area (Å²) in [5.41, 5.74) is 1.08. The highest BCUT2D eigenvalue weighted by atomic mass is 32.1. The molecule has 1 aliphatic rings. The number of nitrogens with one attached hydrogen (secondary N) is 1. The van der Waals surface area contributed by atoms with Crippen LogP contribution in [0.1, 0.15) is 35.7 Å². The highest BCUT2D eigenvalue weighted by molar-refractivity contribution is 7.10. The molecule has 2 heterocycles. The summed E-state index contributed by atoms with van der Waals surface area (Å²) in [4.78, 5) is 16.5. The van der Waals surface area contributed by atoms with Gasteiger partial charge >= 0.3 is 0 Å². The first-order chi connectivity index (χ1) is 12.3. The molecule has 1 aromatic heterocycles. The van der Waals surface area contributed by atoms with Crippen LogP contribution in [-0.2, 0) is 9.53 Å². The van der Waals surface area contributed by atoms with Crippen molar-refractivity contribution in [2.75, 3.05) is 32.8 Å². The zero-order valence-corrected chi connectivity index (χ0v) is 15.5. The number of thiophene rings is 1. The van der Waals surface area contributed by atoms with Crippen LogP contribution >= 0.6 is 11.3 Å². The Morgan fingerprint density at radius 2 is 1.96 bits per heavy atom. The maximum atomic E-state index is 12.8. The Morgan fingerprint density at radius 1 is 1.20 bits per heavy atom. The molecule has 0 spiro atoms. The zero-order valence-electron chi connectivity index (χ0n) is 14.7. The molecule has 0 saturated carbocycles. The summed E-state index contributed by atoms with van der Waals surface area (Å²) < 4.78 is 5.48. The van der Waals surface area contributed by atoms with Crippen LogP contribution < -0.4 is 5.32 Å². The average molecular weight is 359 g/mol. The Labute approximate surface area is 153 Å². The van der Waals surface area contributed by atoms with Crippen LogP contribution in [0.2, 0.25) is 0 Å². The van der Waals surface area contributed by atoms with E-state index >= 15 is 0 Å². The Morgan fingerprint density at radius 3 is 2.60 bits per heavy atom. The number of ether oxygens (including phenoxy) is 1. The lowest BCUT2D eigenvalue weighted by Crippen LogP contribution is -2.44. The van der Waals surface area contributed by atoms with E-state index in [1.54, 1.807) is 11.3 Å². The van der Waals surface area contributed by atoms with E-state index in [9.17, 15) is 4.79 Å². The lowest BCUT2D eigenvalue weighted by molar-refractivity contribution is -0.123. The molecule has 5 heteroatoms. The van der Waals surface area contributed by atoms with E-state index in [0.717, 1.165) is 38.3 Å². The number of benzene rings is 1. The Bertz CT molecular complexity index is 639. The third-order valence-corrected chi connectivity index (χ3v) is 5.73. The highest BCUT2D eigenvalue weighted by Crippen LogP contribution is 2.26. The van der Waals surface area contributed by atoms with Crippen LogP contribution in [0.5, 0.6) is 0 Å². The predicted octanol–water partition coefficient (Wildman–Crippen LogP) is 3.43. The molecule has 1 saturated heterocycles. The number of carbonyl (C=O) groups excluding carboxylic acids is 1. The predicted molar refractivity (Wildman–Crippen MR) is 102 cm³/mol. The molecule has 0 radical (unpaired) electrons. The molecule has 3 rings (SSSR count). The van der Waals surface area contributed by atoms with Gasteiger partial charge in [-0.2, -0.15) is 0 Å². The largest absolute Gasteiger partial charge is 0.379 e. The quantitative estimate of drug-likeness (QED) is 0.824. The van der Waals surface area contributed by atoms with Crippen molar-refractivity contribution in [3.05, 3.63) is 58.3 Å². The van der Waals surface area contributed by atoms with Gasteiger partial charge < -0.3 is 10.1 Å². The molecule has 1 N–H and O–H groups in total. The molecule has 1 aliphatic heterocycles. The first kappa shape index (κ1) is 18.1. The van der Waals surface area contributed by atoms with Gasteiger partial charge in [-0.3, -0.25) is 9.69 Å². The van der Waals surface area contributed by atoms with Crippen molar-refractivity contribution in [2.45, 2.75) is 25.3 Å². The number of rotatable bonds is 7. The Kier molecular flexibility index (Phi) is 6.62. The van der Waals surface area contributed by atoms with E-state index in [0.29, 0.717) is 6.54 Å². The second-order valence-corrected chi connectivity index (χ2v) is 7.28. The fourth-order valence-corrected chi connectivity index (χ4v) is 4.22. The van der Waals surface area contributed by atoms with Crippen LogP contribution in [0.3, 0.4) is 0 Å². The maximum absolute atomic E-state index is 12.8. The fraction of sp³-hybridized carbons (Fsp3) is 0.450. The lowest BCUT2D eigenvalue weighted by Gasteiger charge is -2.34. The van der Waals surface area contributed by atoms with Crippen LogP contribution in [0.4, 0.5) is 0 Å². The van der Waals surface area contributed by atoms with Gasteiger partial charge in [0.2, 0.25) is 5.91 Å². The van der Waals surface area contributed by atoms with Gasteiger partial charge in [0, 0.05) is 24.5 Å². The zero-order chi connectivity index (χ0) is 17.5. The first-order valence-corrected chi connectivity index (χ1v) is 9.85. The summed E-state index contributed by atoms with van der Waals surface area (Å²) in [6.45, 7) is 6.05. The molecule has 4 nitrogen and oxygen atoms in total. The highest BCUT2D eigenvalue weighted by Gasteiger charge is 2.25. The summed E-state index contributed by atoms with van der Waals surface area (Å²) >= 11 is 1.75. The minimum absolute atomic E-state index is 0.0881. The van der Waals surface area contributed by atoms with Crippen LogP contribution in [0, 0.1) is 0 Å². The molecule has 1 amide bonds. The van der Waals surface area contributed by atoms with E-state index < -0.39 is 0 Å². The second kappa shape index (κ2) is 9.13. The monoisotopic (exact) mass is 358 g/mol. The van der Waals surface area contributed by atoms with E-state index in [4.69, 9.17) is 4.74 Å². The lowest BCUT2D eigenvalue weighted by atomic mass is 9.95. The first-order valence-electron chi connectivity index (χ1n) is 8.97. The van der Waals surface area contributed by atoms with Crippen molar-refractivity contribution in [1.29, 1.82) is 0 Å². The number of carbonyl (C=O) groups is 1. The second-order valence-electron chi connectivity index (χ2n) is 6.30. The normalized spacial score (nSPS) is 17.8. The Hall–Kier alpha value is -1.69. The van der Waals surface area contributed by atoms with Gasteiger partial charge in [0.15, 0.2) is 0 Å². The molecule has 25 heavy (non-hydrogen) atoms. The molecule has 0 bridgehead atoms. The summed E-state index contributed by atoms with van der Waals surface area (Å²) in [5.74, 6) is 0.0263. The van der Waals surface area contributed by atoms with Crippen LogP contribution in [-0.4, -0.2) is 43.7 Å². The molecule has 0 aliphatic carbocycles. The standard InChI is InChI=1S/C20H26N2O2S/c1-2-17(16-7-4-3-5-8-16)20(23)21-15-18(19-9-6-14-25-19)22-10-12-24-13-11-22/h3-9,14,17-18H,2,10-13,15H2,1H3,(H,21,23). The number of amides is 1. The molecule has 1 aromatic carbocycles. The van der Waals surface area contributed by atoms with Crippen molar-refractivity contribution in [2.24, 2.45) is 0 Å². The molecule has 2 unspecified atom stereocenters. The maximum Gasteiger partial charge on any atom is 0.227 e. The van der Waals surface area contributed by atoms with E-state index in [2.05, 4.69) is 34.7 Å². The third-order valence-electron chi connectivity index (χ3n) is 4.75. The fourth-order valence-electron chi connectivity index (χ4n) is 3.36. The van der Waals surface area contributed by atoms with Gasteiger partial charge in [-0.05, 0) is 23.4 Å². The molecule has 2 aromatic rings. The van der Waals surface area contributed by atoms with Crippen molar-refractivity contribution in [3.8, 4) is 0 Å². The topological polar surface area (TPSA) is 41.6 Å². The van der Waals surface area contributed by atoms with E-state index in [1.807, 2.05) is 30.3 Å². The van der Waals surface area contributed by atoms with Gasteiger partial charge in [0.1, 0.15) is 0 Å². The van der Waals surface area contributed by atoms with Crippen LogP contribution in [0.15, 0.2) is 47.8 Å². The van der Waals surface area contributed by atoms with Gasteiger partial charge in [-0.15, -0.1) is 11.3 Å². The molecule has 134 valence electrons. The molecule has 1 fully saturated rings. The van der Waals surface area contributed by atoms with Crippen molar-refractivity contribution in [1.82, 2.24) is 10.2 Å². The smallest absolute Gasteiger partial charge is 0.227 e. The summed E-state index contributed by atoms with van der Waals surface area (Å²) in [5, 5.41) is 5.30. The number of nitrogens with zero attached hydrogens (tertiary/aromatic N) is 1. The van der Waals surface area contributed by atoms with Gasteiger partial charge in [-0.1, -0.05) is 43.3 Å². The van der Waals surface area contributed by atoms with Crippen LogP contribution in [0.25, 0.3) is 0 Å². The molecular formula is C20H26N2O2S. The van der Waals surface area contributed by atoms with Gasteiger partial charge in [0.25, 0.3) is 0 Å². The Balaban J connectivity index is 1.66. The number of hydrogen-bond acceptors (Lipinski definition) is 4. The van der Waals surface area contributed by atoms with E-state index in [-0.39, 0.29) is 17.9 Å². The van der Waals surface area contributed by atoms with Gasteiger partial charge in [0.05, 0.1) is 25.2 Å². The average Bonchev–Trinajstić information content (AvgIpc) is 3.19. The summed E-state index contributed by atoms with van der Waals surface area (Å²) in [7, 11) is 0. The van der Waals surface area contributed by atoms with Crippen molar-refractivity contribution in [3.63, 3.8) is 0 Å².